The molecule has 0 saturated carbocycles. The molecule has 2 aromatic heterocycles. The van der Waals surface area contributed by atoms with Crippen LogP contribution in [0.3, 0.4) is 0 Å². The summed E-state index contributed by atoms with van der Waals surface area (Å²) >= 11 is 1.37. The molecule has 22 heavy (non-hydrogen) atoms. The lowest BCUT2D eigenvalue weighted by atomic mass is 10.0. The van der Waals surface area contributed by atoms with Crippen LogP contribution in [0.5, 0.6) is 0 Å². The van der Waals surface area contributed by atoms with Gasteiger partial charge in [0.2, 0.25) is 0 Å². The molecule has 0 bridgehead atoms. The van der Waals surface area contributed by atoms with E-state index < -0.39 is 28.0 Å². The zero-order chi connectivity index (χ0) is 17.2. The van der Waals surface area contributed by atoms with E-state index in [4.69, 9.17) is 16.6 Å². The minimum atomic E-state index is -5.90. The van der Waals surface area contributed by atoms with Gasteiger partial charge in [0.25, 0.3) is 5.60 Å². The average Bonchev–Trinajstić information content (AvgIpc) is 2.97. The first-order valence-electron chi connectivity index (χ1n) is 5.12. The lowest BCUT2D eigenvalue weighted by molar-refractivity contribution is -0.375. The van der Waals surface area contributed by atoms with E-state index in [-0.39, 0.29) is 17.5 Å². The molecule has 0 radical (unpaired) electrons. The van der Waals surface area contributed by atoms with Crippen molar-refractivity contribution in [2.45, 2.75) is 18.0 Å². The van der Waals surface area contributed by atoms with Gasteiger partial charge < -0.3 is 16.6 Å². The molecule has 0 aliphatic carbocycles. The van der Waals surface area contributed by atoms with Gasteiger partial charge in [-0.15, -0.1) is 11.3 Å². The minimum Gasteiger partial charge on any atom is -0.375 e. The Balaban J connectivity index is 0.000000335. The molecule has 5 N–H and O–H groups in total. The molecule has 13 heteroatoms. The van der Waals surface area contributed by atoms with Gasteiger partial charge in [0.05, 0.1) is 4.88 Å². The monoisotopic (exact) mass is 366 g/mol. The Morgan fingerprint density at radius 1 is 0.955 bits per heavy atom. The molecule has 0 atom stereocenters. The molecule has 2 heterocycles. The third-order valence-corrected chi connectivity index (χ3v) is 3.69. The predicted octanol–water partition coefficient (Wildman–Crippen LogP) is 2.76. The van der Waals surface area contributed by atoms with E-state index in [1.54, 1.807) is 6.20 Å². The number of aliphatic hydroxyl groups is 1. The van der Waals surface area contributed by atoms with E-state index in [9.17, 15) is 26.3 Å². The van der Waals surface area contributed by atoms with Crippen molar-refractivity contribution in [3.8, 4) is 0 Å². The fraction of sp³-hybridized carbons (Fsp3) is 0.333. The molecule has 0 unspecified atom stereocenters. The number of hydrogen-bond donors (Lipinski definition) is 3. The third kappa shape index (κ3) is 3.78. The second-order valence-corrected chi connectivity index (χ2v) is 5.63. The van der Waals surface area contributed by atoms with Crippen LogP contribution in [0.2, 0.25) is 0 Å². The minimum absolute atomic E-state index is 0.0749. The molecule has 0 saturated heterocycles. The molecular formula is C9H8F6N4OS2. The highest BCUT2D eigenvalue weighted by atomic mass is 32.1. The lowest BCUT2D eigenvalue weighted by Crippen LogP contribution is -2.53. The normalized spacial score (nSPS) is 12.7. The summed E-state index contributed by atoms with van der Waals surface area (Å²) in [6.07, 6.45) is -9.87. The first-order chi connectivity index (χ1) is 9.89. The summed E-state index contributed by atoms with van der Waals surface area (Å²) < 4.78 is 73.6. The Morgan fingerprint density at radius 2 is 1.50 bits per heavy atom. The van der Waals surface area contributed by atoms with Gasteiger partial charge in [0.1, 0.15) is 0 Å². The van der Waals surface area contributed by atoms with Crippen molar-refractivity contribution in [3.05, 3.63) is 22.7 Å². The van der Waals surface area contributed by atoms with Crippen molar-refractivity contribution in [3.63, 3.8) is 0 Å². The quantitative estimate of drug-likeness (QED) is 0.674. The Kier molecular flexibility index (Phi) is 5.25. The van der Waals surface area contributed by atoms with Gasteiger partial charge in [-0.25, -0.2) is 9.97 Å². The Labute approximate surface area is 127 Å². The standard InChI is InChI=1S/C6H4F6N2OS.C3H4N2S/c7-5(8,9)4(15,6(10,11)12)2-1-14-3(13)16-2;4-3-5-1-2-6-3/h1,15H,(H2,13,14);1-2H,(H2,4,5). The average molecular weight is 366 g/mol. The predicted molar refractivity (Wildman–Crippen MR) is 69.1 cm³/mol. The van der Waals surface area contributed by atoms with Gasteiger partial charge in [-0.1, -0.05) is 11.3 Å². The number of rotatable bonds is 1. The Morgan fingerprint density at radius 3 is 1.73 bits per heavy atom. The highest BCUT2D eigenvalue weighted by molar-refractivity contribution is 7.15. The summed E-state index contributed by atoms with van der Waals surface area (Å²) in [5.74, 6) is 0. The fourth-order valence-electron chi connectivity index (χ4n) is 1.13. The van der Waals surface area contributed by atoms with E-state index in [1.165, 1.54) is 11.3 Å². The van der Waals surface area contributed by atoms with Crippen molar-refractivity contribution in [1.82, 2.24) is 9.97 Å². The number of aromatic nitrogens is 2. The van der Waals surface area contributed by atoms with Crippen molar-refractivity contribution in [2.24, 2.45) is 0 Å². The van der Waals surface area contributed by atoms with Crippen LogP contribution in [0, 0.1) is 0 Å². The van der Waals surface area contributed by atoms with Crippen LogP contribution in [0.1, 0.15) is 4.88 Å². The first-order valence-corrected chi connectivity index (χ1v) is 6.81. The van der Waals surface area contributed by atoms with E-state index in [0.717, 1.165) is 0 Å². The third-order valence-electron chi connectivity index (χ3n) is 2.15. The van der Waals surface area contributed by atoms with Crippen molar-refractivity contribution in [2.75, 3.05) is 11.5 Å². The smallest absolute Gasteiger partial charge is 0.375 e. The second-order valence-electron chi connectivity index (χ2n) is 3.64. The Bertz CT molecular complexity index is 580. The molecule has 124 valence electrons. The van der Waals surface area contributed by atoms with E-state index in [2.05, 4.69) is 9.97 Å². The molecule has 0 fully saturated rings. The van der Waals surface area contributed by atoms with Crippen LogP contribution >= 0.6 is 22.7 Å². The van der Waals surface area contributed by atoms with Crippen LogP contribution in [0.25, 0.3) is 0 Å². The number of alkyl halides is 6. The summed E-state index contributed by atoms with van der Waals surface area (Å²) in [4.78, 5) is 5.35. The largest absolute Gasteiger partial charge is 0.431 e. The number of anilines is 2. The van der Waals surface area contributed by atoms with Crippen molar-refractivity contribution in [1.29, 1.82) is 0 Å². The van der Waals surface area contributed by atoms with E-state index in [1.807, 2.05) is 5.38 Å². The number of nitrogens with zero attached hydrogens (tertiary/aromatic N) is 2. The van der Waals surface area contributed by atoms with Crippen LogP contribution in [0.15, 0.2) is 17.8 Å². The van der Waals surface area contributed by atoms with Gasteiger partial charge in [0, 0.05) is 17.8 Å². The fourth-order valence-corrected chi connectivity index (χ4v) is 2.33. The molecule has 0 aliphatic rings. The molecule has 2 aromatic rings. The Hall–Kier alpha value is -1.60. The highest BCUT2D eigenvalue weighted by Crippen LogP contribution is 2.51. The van der Waals surface area contributed by atoms with Crippen LogP contribution in [-0.4, -0.2) is 27.4 Å². The van der Waals surface area contributed by atoms with Gasteiger partial charge in [-0.3, -0.25) is 0 Å². The first kappa shape index (κ1) is 18.4. The number of halogens is 6. The summed E-state index contributed by atoms with van der Waals surface area (Å²) in [5.41, 5.74) is 5.17. The summed E-state index contributed by atoms with van der Waals surface area (Å²) in [7, 11) is 0. The van der Waals surface area contributed by atoms with Gasteiger partial charge in [-0.05, 0) is 0 Å². The maximum atomic E-state index is 12.3. The maximum absolute atomic E-state index is 12.3. The number of thiazole rings is 2. The molecule has 0 amide bonds. The van der Waals surface area contributed by atoms with Crippen LogP contribution in [0.4, 0.5) is 36.6 Å². The summed E-state index contributed by atoms with van der Waals surface area (Å²) in [6, 6.07) is 0. The molecular weight excluding hydrogens is 358 g/mol. The SMILES string of the molecule is Nc1ncc(C(O)(C(F)(F)F)C(F)(F)F)s1.Nc1nccs1. The molecule has 0 spiro atoms. The van der Waals surface area contributed by atoms with E-state index in [0.29, 0.717) is 5.13 Å². The van der Waals surface area contributed by atoms with Gasteiger partial charge in [-0.2, -0.15) is 26.3 Å². The summed E-state index contributed by atoms with van der Waals surface area (Å²) in [5, 5.41) is 10.8. The molecule has 0 aromatic carbocycles. The highest BCUT2D eigenvalue weighted by Gasteiger charge is 2.72. The molecule has 2 rings (SSSR count). The van der Waals surface area contributed by atoms with Crippen LogP contribution < -0.4 is 11.5 Å². The molecule has 5 nitrogen and oxygen atoms in total. The van der Waals surface area contributed by atoms with Crippen LogP contribution in [-0.2, 0) is 5.60 Å². The zero-order valence-corrected chi connectivity index (χ0v) is 11.9. The lowest BCUT2D eigenvalue weighted by Gasteiger charge is -2.30. The number of hydrogen-bond acceptors (Lipinski definition) is 7. The van der Waals surface area contributed by atoms with Gasteiger partial charge >= 0.3 is 12.4 Å². The number of nitrogens with two attached hydrogens (primary N) is 2. The van der Waals surface area contributed by atoms with E-state index >= 15 is 0 Å². The molecule has 0 aliphatic heterocycles. The second kappa shape index (κ2) is 6.26. The van der Waals surface area contributed by atoms with Crippen molar-refractivity contribution >= 4 is 32.9 Å². The maximum Gasteiger partial charge on any atom is 0.431 e. The number of nitrogen functional groups attached to an aromatic ring is 2. The van der Waals surface area contributed by atoms with Gasteiger partial charge in [0.15, 0.2) is 10.3 Å². The van der Waals surface area contributed by atoms with Crippen molar-refractivity contribution < 1.29 is 31.4 Å². The zero-order valence-electron chi connectivity index (χ0n) is 10.3. The topological polar surface area (TPSA) is 98.0 Å². The summed E-state index contributed by atoms with van der Waals surface area (Å²) in [6.45, 7) is 0.